The van der Waals surface area contributed by atoms with E-state index in [-0.39, 0.29) is 23.7 Å². The molecule has 0 spiro atoms. The van der Waals surface area contributed by atoms with Crippen LogP contribution in [-0.2, 0) is 9.53 Å². The Kier molecular flexibility index (Phi) is 3.95. The first-order valence-corrected chi connectivity index (χ1v) is 6.10. The van der Waals surface area contributed by atoms with Crippen LogP contribution >= 0.6 is 15.9 Å². The SMILES string of the molecule is CC1CCC(C(=O)NC(C)(C)CBr)O1. The number of rotatable bonds is 3. The number of amides is 1. The summed E-state index contributed by atoms with van der Waals surface area (Å²) in [6.07, 6.45) is 1.79. The third kappa shape index (κ3) is 3.24. The lowest BCUT2D eigenvalue weighted by Gasteiger charge is -2.25. The maximum absolute atomic E-state index is 11.7. The molecule has 1 aliphatic rings. The molecule has 0 radical (unpaired) electrons. The van der Waals surface area contributed by atoms with Crippen molar-refractivity contribution < 1.29 is 9.53 Å². The standard InChI is InChI=1S/C10H18BrNO2/c1-7-4-5-8(14-7)9(13)12-10(2,3)6-11/h7-8H,4-6H2,1-3H3,(H,12,13). The monoisotopic (exact) mass is 263 g/mol. The van der Waals surface area contributed by atoms with E-state index in [1.54, 1.807) is 0 Å². The second-order valence-electron chi connectivity index (χ2n) is 4.52. The summed E-state index contributed by atoms with van der Waals surface area (Å²) in [7, 11) is 0. The predicted molar refractivity (Wildman–Crippen MR) is 59.6 cm³/mol. The minimum Gasteiger partial charge on any atom is -0.365 e. The van der Waals surface area contributed by atoms with E-state index in [4.69, 9.17) is 4.74 Å². The molecule has 4 heteroatoms. The zero-order chi connectivity index (χ0) is 10.8. The van der Waals surface area contributed by atoms with Gasteiger partial charge in [-0.3, -0.25) is 4.79 Å². The second kappa shape index (κ2) is 4.62. The van der Waals surface area contributed by atoms with E-state index in [1.165, 1.54) is 0 Å². The van der Waals surface area contributed by atoms with Gasteiger partial charge >= 0.3 is 0 Å². The number of carbonyl (C=O) groups is 1. The van der Waals surface area contributed by atoms with Gasteiger partial charge in [-0.1, -0.05) is 15.9 Å². The van der Waals surface area contributed by atoms with Crippen molar-refractivity contribution in [3.05, 3.63) is 0 Å². The fourth-order valence-corrected chi connectivity index (χ4v) is 1.58. The van der Waals surface area contributed by atoms with E-state index in [2.05, 4.69) is 21.2 Å². The van der Waals surface area contributed by atoms with Gasteiger partial charge in [0.05, 0.1) is 6.10 Å². The fourth-order valence-electron chi connectivity index (χ4n) is 1.44. The molecule has 0 aromatic heterocycles. The molecule has 2 atom stereocenters. The van der Waals surface area contributed by atoms with Crippen LogP contribution in [0.2, 0.25) is 0 Å². The van der Waals surface area contributed by atoms with E-state index >= 15 is 0 Å². The summed E-state index contributed by atoms with van der Waals surface area (Å²) >= 11 is 3.36. The Morgan fingerprint density at radius 1 is 1.57 bits per heavy atom. The number of ether oxygens (including phenoxy) is 1. The topological polar surface area (TPSA) is 38.3 Å². The second-order valence-corrected chi connectivity index (χ2v) is 5.08. The number of alkyl halides is 1. The Morgan fingerprint density at radius 3 is 2.64 bits per heavy atom. The lowest BCUT2D eigenvalue weighted by molar-refractivity contribution is -0.133. The van der Waals surface area contributed by atoms with Gasteiger partial charge in [0.1, 0.15) is 6.10 Å². The summed E-state index contributed by atoms with van der Waals surface area (Å²) in [5, 5.41) is 3.70. The van der Waals surface area contributed by atoms with Gasteiger partial charge in [0.25, 0.3) is 0 Å². The van der Waals surface area contributed by atoms with Crippen molar-refractivity contribution in [1.29, 1.82) is 0 Å². The molecular weight excluding hydrogens is 246 g/mol. The maximum Gasteiger partial charge on any atom is 0.249 e. The Labute approximate surface area is 93.7 Å². The smallest absolute Gasteiger partial charge is 0.249 e. The van der Waals surface area contributed by atoms with Crippen molar-refractivity contribution in [2.45, 2.75) is 51.4 Å². The highest BCUT2D eigenvalue weighted by atomic mass is 79.9. The van der Waals surface area contributed by atoms with E-state index in [9.17, 15) is 4.79 Å². The van der Waals surface area contributed by atoms with Crippen LogP contribution in [0.3, 0.4) is 0 Å². The molecule has 1 aliphatic heterocycles. The molecule has 3 nitrogen and oxygen atoms in total. The summed E-state index contributed by atoms with van der Waals surface area (Å²) in [5.74, 6) is 0.0128. The van der Waals surface area contributed by atoms with Gasteiger partial charge in [-0.05, 0) is 33.6 Å². The molecule has 0 aliphatic carbocycles. The van der Waals surface area contributed by atoms with Crippen molar-refractivity contribution in [3.8, 4) is 0 Å². The van der Waals surface area contributed by atoms with E-state index in [0.29, 0.717) is 0 Å². The lowest BCUT2D eigenvalue weighted by Crippen LogP contribution is -2.48. The molecule has 0 bridgehead atoms. The van der Waals surface area contributed by atoms with Crippen LogP contribution in [-0.4, -0.2) is 29.0 Å². The molecule has 0 aromatic carbocycles. The van der Waals surface area contributed by atoms with Crippen molar-refractivity contribution >= 4 is 21.8 Å². The summed E-state index contributed by atoms with van der Waals surface area (Å²) in [5.41, 5.74) is -0.202. The van der Waals surface area contributed by atoms with Crippen LogP contribution in [0, 0.1) is 0 Å². The fraction of sp³-hybridized carbons (Fsp3) is 0.900. The zero-order valence-electron chi connectivity index (χ0n) is 8.97. The number of hydrogen-bond acceptors (Lipinski definition) is 2. The van der Waals surface area contributed by atoms with Crippen molar-refractivity contribution in [3.63, 3.8) is 0 Å². The Balaban J connectivity index is 2.43. The molecule has 1 fully saturated rings. The van der Waals surface area contributed by atoms with E-state index in [0.717, 1.165) is 18.2 Å². The zero-order valence-corrected chi connectivity index (χ0v) is 10.6. The first kappa shape index (κ1) is 12.0. The van der Waals surface area contributed by atoms with Gasteiger partial charge in [-0.2, -0.15) is 0 Å². The quantitative estimate of drug-likeness (QED) is 0.790. The summed E-state index contributed by atoms with van der Waals surface area (Å²) in [6, 6.07) is 0. The van der Waals surface area contributed by atoms with Gasteiger partial charge in [0.2, 0.25) is 5.91 Å². The summed E-state index contributed by atoms with van der Waals surface area (Å²) in [6.45, 7) is 5.97. The Hall–Kier alpha value is -0.0900. The molecule has 2 unspecified atom stereocenters. The number of carbonyl (C=O) groups excluding carboxylic acids is 1. The Morgan fingerprint density at radius 2 is 2.21 bits per heavy atom. The minimum atomic E-state index is -0.247. The summed E-state index contributed by atoms with van der Waals surface area (Å²) in [4.78, 5) is 11.7. The van der Waals surface area contributed by atoms with Gasteiger partial charge in [0.15, 0.2) is 0 Å². The predicted octanol–water partition coefficient (Wildman–Crippen LogP) is 1.84. The van der Waals surface area contributed by atoms with Crippen LogP contribution in [0.15, 0.2) is 0 Å². The van der Waals surface area contributed by atoms with Crippen LogP contribution < -0.4 is 5.32 Å². The molecule has 1 rings (SSSR count). The van der Waals surface area contributed by atoms with E-state index < -0.39 is 0 Å². The number of halogens is 1. The summed E-state index contributed by atoms with van der Waals surface area (Å²) < 4.78 is 5.49. The minimum absolute atomic E-state index is 0.0128. The van der Waals surface area contributed by atoms with Crippen molar-refractivity contribution in [2.24, 2.45) is 0 Å². The highest BCUT2D eigenvalue weighted by Gasteiger charge is 2.30. The normalized spacial score (nSPS) is 27.7. The Bertz CT molecular complexity index is 218. The average molecular weight is 264 g/mol. The van der Waals surface area contributed by atoms with Crippen LogP contribution in [0.25, 0.3) is 0 Å². The molecule has 1 N–H and O–H groups in total. The highest BCUT2D eigenvalue weighted by molar-refractivity contribution is 9.09. The molecule has 82 valence electrons. The maximum atomic E-state index is 11.7. The number of nitrogens with one attached hydrogen (secondary N) is 1. The largest absolute Gasteiger partial charge is 0.365 e. The van der Waals surface area contributed by atoms with Crippen LogP contribution in [0.4, 0.5) is 0 Å². The van der Waals surface area contributed by atoms with Gasteiger partial charge in [-0.15, -0.1) is 0 Å². The molecule has 1 amide bonds. The number of hydrogen-bond donors (Lipinski definition) is 1. The third-order valence-corrected chi connectivity index (χ3v) is 3.72. The van der Waals surface area contributed by atoms with Crippen LogP contribution in [0.5, 0.6) is 0 Å². The van der Waals surface area contributed by atoms with Gasteiger partial charge in [-0.25, -0.2) is 0 Å². The lowest BCUT2D eigenvalue weighted by atomic mass is 10.1. The van der Waals surface area contributed by atoms with E-state index in [1.807, 2.05) is 20.8 Å². The third-order valence-electron chi connectivity index (χ3n) is 2.32. The van der Waals surface area contributed by atoms with Gasteiger partial charge in [0, 0.05) is 10.9 Å². The van der Waals surface area contributed by atoms with Crippen molar-refractivity contribution in [1.82, 2.24) is 5.32 Å². The molecule has 1 saturated heterocycles. The highest BCUT2D eigenvalue weighted by Crippen LogP contribution is 2.20. The molecule has 14 heavy (non-hydrogen) atoms. The first-order chi connectivity index (χ1) is 6.44. The van der Waals surface area contributed by atoms with Crippen molar-refractivity contribution in [2.75, 3.05) is 5.33 Å². The van der Waals surface area contributed by atoms with Crippen LogP contribution in [0.1, 0.15) is 33.6 Å². The molecule has 0 aromatic rings. The molecule has 0 saturated carbocycles. The molecule has 1 heterocycles. The van der Waals surface area contributed by atoms with Gasteiger partial charge < -0.3 is 10.1 Å². The average Bonchev–Trinajstić information content (AvgIpc) is 2.51. The first-order valence-electron chi connectivity index (χ1n) is 4.98. The molecular formula is C10H18BrNO2.